The summed E-state index contributed by atoms with van der Waals surface area (Å²) < 4.78 is 0. The van der Waals surface area contributed by atoms with E-state index in [1.54, 1.807) is 16.7 Å². The van der Waals surface area contributed by atoms with Gasteiger partial charge in [-0.05, 0) is 93.8 Å². The average molecular weight is 471 g/mol. The molecule has 194 valence electrons. The van der Waals surface area contributed by atoms with E-state index in [9.17, 15) is 10.2 Å². The summed E-state index contributed by atoms with van der Waals surface area (Å²) in [5.74, 6) is 0.814. The molecule has 4 aliphatic carbocycles. The van der Waals surface area contributed by atoms with E-state index in [4.69, 9.17) is 0 Å². The summed E-state index contributed by atoms with van der Waals surface area (Å²) in [7, 11) is 0. The Morgan fingerprint density at radius 1 is 0.794 bits per heavy atom. The first kappa shape index (κ1) is 27.7. The van der Waals surface area contributed by atoms with Gasteiger partial charge in [0.15, 0.2) is 0 Å². The van der Waals surface area contributed by atoms with E-state index in [2.05, 4.69) is 61.5 Å². The number of hydrogen-bond donors (Lipinski definition) is 2. The van der Waals surface area contributed by atoms with Crippen molar-refractivity contribution in [2.45, 2.75) is 126 Å². The van der Waals surface area contributed by atoms with Crippen LogP contribution in [0.1, 0.15) is 126 Å². The third kappa shape index (κ3) is 5.01. The molecule has 0 aromatic rings. The third-order valence-corrected chi connectivity index (χ3v) is 10.6. The molecular weight excluding hydrogens is 416 g/mol. The molecule has 0 spiro atoms. The predicted molar refractivity (Wildman–Crippen MR) is 146 cm³/mol. The molecule has 34 heavy (non-hydrogen) atoms. The van der Waals surface area contributed by atoms with E-state index in [1.165, 1.54) is 62.5 Å². The minimum absolute atomic E-state index is 0.229. The summed E-state index contributed by atoms with van der Waals surface area (Å²) in [5, 5.41) is 18.7. The first-order valence-electron chi connectivity index (χ1n) is 14.1. The zero-order valence-corrected chi connectivity index (χ0v) is 23.7. The third-order valence-electron chi connectivity index (χ3n) is 10.6. The highest BCUT2D eigenvalue weighted by Crippen LogP contribution is 2.60. The fraction of sp³-hybridized carbons (Fsp3) is 0.812. The molecule has 0 aliphatic heterocycles. The Labute approximate surface area is 211 Å². The first-order chi connectivity index (χ1) is 15.8. The van der Waals surface area contributed by atoms with Gasteiger partial charge in [-0.3, -0.25) is 0 Å². The second-order valence-electron chi connectivity index (χ2n) is 13.7. The van der Waals surface area contributed by atoms with Gasteiger partial charge in [-0.1, -0.05) is 88.3 Å². The lowest BCUT2D eigenvalue weighted by molar-refractivity contribution is 0.00900. The molecule has 2 nitrogen and oxygen atoms in total. The number of aliphatic hydroxyl groups excluding tert-OH is 2. The summed E-state index contributed by atoms with van der Waals surface area (Å²) in [4.78, 5) is 0. The topological polar surface area (TPSA) is 40.5 Å². The summed E-state index contributed by atoms with van der Waals surface area (Å²) >= 11 is 0. The van der Waals surface area contributed by atoms with Crippen LogP contribution in [0.25, 0.3) is 0 Å². The second kappa shape index (κ2) is 10.3. The van der Waals surface area contributed by atoms with E-state index in [0.29, 0.717) is 22.9 Å². The zero-order chi connectivity index (χ0) is 25.4. The van der Waals surface area contributed by atoms with Crippen LogP contribution in [-0.2, 0) is 0 Å². The van der Waals surface area contributed by atoms with E-state index in [1.807, 2.05) is 0 Å². The minimum atomic E-state index is 0.229. The van der Waals surface area contributed by atoms with Crippen LogP contribution >= 0.6 is 0 Å². The Balaban J connectivity index is 0.000000191. The summed E-state index contributed by atoms with van der Waals surface area (Å²) in [5.41, 5.74) is 9.21. The second-order valence-corrected chi connectivity index (χ2v) is 13.7. The van der Waals surface area contributed by atoms with Crippen LogP contribution < -0.4 is 0 Å². The highest BCUT2D eigenvalue weighted by atomic mass is 16.3. The molecule has 3 atom stereocenters. The van der Waals surface area contributed by atoms with Gasteiger partial charge in [0.25, 0.3) is 0 Å². The number of aliphatic hydroxyl groups is 2. The van der Waals surface area contributed by atoms with Crippen molar-refractivity contribution < 1.29 is 10.2 Å². The Hall–Kier alpha value is -0.860. The molecule has 4 aliphatic rings. The van der Waals surface area contributed by atoms with Crippen molar-refractivity contribution in [3.63, 3.8) is 0 Å². The predicted octanol–water partition coefficient (Wildman–Crippen LogP) is 8.54. The van der Waals surface area contributed by atoms with Gasteiger partial charge >= 0.3 is 0 Å². The van der Waals surface area contributed by atoms with Gasteiger partial charge in [0.05, 0.1) is 0 Å². The number of hydrogen-bond acceptors (Lipinski definition) is 2. The molecule has 0 aromatic carbocycles. The van der Waals surface area contributed by atoms with Gasteiger partial charge in [-0.25, -0.2) is 0 Å². The standard InChI is InChI=1S/C16H28O.C16H26O/c2*1-12-6-7-14-15(2,3)9-5-10-16(14,4)13(12)8-11-17/h14,17H,5-11H2,1-4H3;7,17H,5-6,8-11H2,1-4H3/t14-,16+;16-/m01/s1. The van der Waals surface area contributed by atoms with Crippen molar-refractivity contribution in [2.24, 2.45) is 27.6 Å². The molecule has 2 fully saturated rings. The van der Waals surface area contributed by atoms with Crippen molar-refractivity contribution in [1.82, 2.24) is 0 Å². The number of fused-ring (bicyclic) bond motifs is 2. The summed E-state index contributed by atoms with van der Waals surface area (Å²) in [6, 6.07) is 0. The molecule has 2 saturated carbocycles. The molecular formula is C32H54O2. The highest BCUT2D eigenvalue weighted by Gasteiger charge is 2.49. The number of rotatable bonds is 4. The first-order valence-corrected chi connectivity index (χ1v) is 14.1. The normalized spacial score (nSPS) is 34.5. The Kier molecular flexibility index (Phi) is 8.36. The van der Waals surface area contributed by atoms with Gasteiger partial charge in [0.2, 0.25) is 0 Å². The Bertz CT molecular complexity index is 825. The number of allylic oxidation sites excluding steroid dienone is 4. The van der Waals surface area contributed by atoms with Gasteiger partial charge in [0, 0.05) is 18.6 Å². The molecule has 0 saturated heterocycles. The summed E-state index contributed by atoms with van der Waals surface area (Å²) in [6.45, 7) is 19.7. The quantitative estimate of drug-likeness (QED) is 0.404. The van der Waals surface area contributed by atoms with Gasteiger partial charge in [0.1, 0.15) is 0 Å². The van der Waals surface area contributed by atoms with Gasteiger partial charge in [-0.2, -0.15) is 0 Å². The van der Waals surface area contributed by atoms with Gasteiger partial charge < -0.3 is 10.2 Å². The SMILES string of the molecule is CC1=C(CCO)[C@@]2(C)CCCC(C)(C)C2=CC1.CC1=C(CCO)[C@@]2(C)CCCC(C)(C)[C@@H]2CC1. The molecule has 0 unspecified atom stereocenters. The Morgan fingerprint density at radius 2 is 1.41 bits per heavy atom. The fourth-order valence-electron chi connectivity index (χ4n) is 8.97. The zero-order valence-electron chi connectivity index (χ0n) is 23.7. The van der Waals surface area contributed by atoms with Crippen molar-refractivity contribution >= 4 is 0 Å². The van der Waals surface area contributed by atoms with Crippen LogP contribution in [0.5, 0.6) is 0 Å². The molecule has 2 N–H and O–H groups in total. The summed E-state index contributed by atoms with van der Waals surface area (Å²) in [6.07, 6.45) is 15.8. The van der Waals surface area contributed by atoms with E-state index < -0.39 is 0 Å². The van der Waals surface area contributed by atoms with Crippen molar-refractivity contribution in [1.29, 1.82) is 0 Å². The highest BCUT2D eigenvalue weighted by molar-refractivity contribution is 5.41. The smallest absolute Gasteiger partial charge is 0.0468 e. The van der Waals surface area contributed by atoms with E-state index in [0.717, 1.165) is 25.2 Å². The lowest BCUT2D eigenvalue weighted by atomic mass is 9.50. The molecule has 0 bridgehead atoms. The Morgan fingerprint density at radius 3 is 2.06 bits per heavy atom. The molecule has 0 radical (unpaired) electrons. The fourth-order valence-corrected chi connectivity index (χ4v) is 8.97. The lowest BCUT2D eigenvalue weighted by Crippen LogP contribution is -2.45. The van der Waals surface area contributed by atoms with Crippen LogP contribution in [0.3, 0.4) is 0 Å². The average Bonchev–Trinajstić information content (AvgIpc) is 2.73. The van der Waals surface area contributed by atoms with Crippen molar-refractivity contribution in [3.05, 3.63) is 33.9 Å². The maximum absolute atomic E-state index is 9.34. The maximum Gasteiger partial charge on any atom is 0.0468 e. The van der Waals surface area contributed by atoms with Crippen LogP contribution in [0.4, 0.5) is 0 Å². The van der Waals surface area contributed by atoms with Gasteiger partial charge in [-0.15, -0.1) is 0 Å². The van der Waals surface area contributed by atoms with Crippen molar-refractivity contribution in [2.75, 3.05) is 13.2 Å². The maximum atomic E-state index is 9.34. The molecule has 2 heteroatoms. The van der Waals surface area contributed by atoms with Crippen LogP contribution in [0.2, 0.25) is 0 Å². The largest absolute Gasteiger partial charge is 0.396 e. The van der Waals surface area contributed by atoms with E-state index >= 15 is 0 Å². The van der Waals surface area contributed by atoms with Crippen LogP contribution in [0, 0.1) is 27.6 Å². The van der Waals surface area contributed by atoms with E-state index in [-0.39, 0.29) is 12.0 Å². The van der Waals surface area contributed by atoms with Crippen LogP contribution in [0.15, 0.2) is 33.9 Å². The van der Waals surface area contributed by atoms with Crippen LogP contribution in [-0.4, -0.2) is 23.4 Å². The molecule has 0 heterocycles. The molecule has 4 rings (SSSR count). The lowest BCUT2D eigenvalue weighted by Gasteiger charge is -2.55. The molecule has 0 amide bonds. The monoisotopic (exact) mass is 470 g/mol. The van der Waals surface area contributed by atoms with Crippen molar-refractivity contribution in [3.8, 4) is 0 Å². The minimum Gasteiger partial charge on any atom is -0.396 e. The molecule has 0 aromatic heterocycles.